The van der Waals surface area contributed by atoms with E-state index in [1.807, 2.05) is 0 Å². The third kappa shape index (κ3) is 2.73. The SMILES string of the molecule is [2H]C([2H])([2H])c1ccc2c(c1)c1c(n2CC([2H])([2H])c2ccc(C([2H])([2H])[2H])nc2)C([2H])([2H])C([2H])([2H])N(C([2H])([2H])[2H])C1([2H])[2H]. The maximum absolute atomic E-state index is 8.77. The average molecular weight is 337 g/mol. The van der Waals surface area contributed by atoms with Crippen molar-refractivity contribution >= 4 is 10.9 Å². The van der Waals surface area contributed by atoms with Crippen molar-refractivity contribution in [2.24, 2.45) is 0 Å². The first-order valence-corrected chi connectivity index (χ1v) is 7.21. The second-order valence-electron chi connectivity index (χ2n) is 5.33. The lowest BCUT2D eigenvalue weighted by atomic mass is 10.0. The number of benzene rings is 1. The van der Waals surface area contributed by atoms with Crippen LogP contribution in [-0.4, -0.2) is 27.9 Å². The van der Waals surface area contributed by atoms with Gasteiger partial charge in [0.2, 0.25) is 0 Å². The highest BCUT2D eigenvalue weighted by Crippen LogP contribution is 2.31. The minimum atomic E-state index is -3.48. The smallest absolute Gasteiger partial charge is 0.0486 e. The summed E-state index contributed by atoms with van der Waals surface area (Å²) in [5.74, 6) is 0. The van der Waals surface area contributed by atoms with Crippen LogP contribution in [0.1, 0.15) is 51.4 Å². The van der Waals surface area contributed by atoms with E-state index in [2.05, 4.69) is 4.98 Å². The molecule has 1 aliphatic heterocycles. The first kappa shape index (κ1) is 5.43. The quantitative estimate of drug-likeness (QED) is 0.723. The predicted octanol–water partition coefficient (Wildman–Crippen LogP) is 3.88. The van der Waals surface area contributed by atoms with Crippen LogP contribution in [0.25, 0.3) is 10.9 Å². The zero-order valence-corrected chi connectivity index (χ0v) is 12.5. The van der Waals surface area contributed by atoms with Crippen molar-refractivity contribution in [2.75, 3.05) is 13.5 Å². The van der Waals surface area contributed by atoms with Gasteiger partial charge in [-0.3, -0.25) is 4.98 Å². The van der Waals surface area contributed by atoms with Gasteiger partial charge in [-0.15, -0.1) is 0 Å². The van der Waals surface area contributed by atoms with Crippen LogP contribution in [0.4, 0.5) is 0 Å². The molecule has 0 unspecified atom stereocenters. The Hall–Kier alpha value is -2.13. The summed E-state index contributed by atoms with van der Waals surface area (Å²) in [6.07, 6.45) is -4.67. The Kier molecular flexibility index (Phi) is 1.37. The second kappa shape index (κ2) is 6.06. The monoisotopic (exact) mass is 336 g/mol. The summed E-state index contributed by atoms with van der Waals surface area (Å²) < 4.78 is 140. The van der Waals surface area contributed by atoms with Crippen molar-refractivity contribution < 1.29 is 23.3 Å². The van der Waals surface area contributed by atoms with E-state index in [1.54, 1.807) is 0 Å². The summed E-state index contributed by atoms with van der Waals surface area (Å²) in [5.41, 5.74) is -2.08. The minimum absolute atomic E-state index is 0.0603. The average Bonchev–Trinajstić information content (AvgIpc) is 3.10. The van der Waals surface area contributed by atoms with Gasteiger partial charge in [0.1, 0.15) is 0 Å². The number of hydrogen-bond acceptors (Lipinski definition) is 2. The molecule has 1 aliphatic rings. The lowest BCUT2D eigenvalue weighted by Gasteiger charge is -2.24. The van der Waals surface area contributed by atoms with Crippen LogP contribution in [0.15, 0.2) is 36.5 Å². The molecule has 2 aromatic heterocycles. The normalized spacial score (nSPS) is 33.9. The van der Waals surface area contributed by atoms with Crippen LogP contribution in [0.3, 0.4) is 0 Å². The van der Waals surface area contributed by atoms with Gasteiger partial charge in [-0.05, 0) is 56.4 Å². The first-order valence-electron chi connectivity index (χ1n) is 15.7. The molecule has 0 N–H and O–H groups in total. The Labute approximate surface area is 167 Å². The van der Waals surface area contributed by atoms with Crippen molar-refractivity contribution in [1.82, 2.24) is 14.5 Å². The van der Waals surface area contributed by atoms with E-state index in [-0.39, 0.29) is 32.6 Å². The van der Waals surface area contributed by atoms with E-state index in [0.717, 1.165) is 22.9 Å². The highest BCUT2D eigenvalue weighted by atomic mass is 15.1. The molecule has 24 heavy (non-hydrogen) atoms. The predicted molar refractivity (Wildman–Crippen MR) is 99.4 cm³/mol. The molecule has 0 fully saturated rings. The number of pyridine rings is 1. The topological polar surface area (TPSA) is 21.1 Å². The van der Waals surface area contributed by atoms with E-state index >= 15 is 0 Å². The Balaban J connectivity index is 2.06. The molecule has 0 bridgehead atoms. The summed E-state index contributed by atoms with van der Waals surface area (Å²) >= 11 is 0. The molecular weight excluding hydrogens is 294 g/mol. The summed E-state index contributed by atoms with van der Waals surface area (Å²) in [6.45, 7) is -16.2. The van der Waals surface area contributed by atoms with Gasteiger partial charge in [0, 0.05) is 77.7 Å². The molecular formula is C21H25N3. The number of fused-ring (bicyclic) bond motifs is 3. The van der Waals surface area contributed by atoms with Crippen molar-refractivity contribution in [2.45, 2.75) is 39.5 Å². The van der Waals surface area contributed by atoms with E-state index in [1.165, 1.54) is 18.2 Å². The van der Waals surface area contributed by atoms with Gasteiger partial charge in [-0.2, -0.15) is 0 Å². The lowest BCUT2D eigenvalue weighted by Crippen LogP contribution is -2.27. The van der Waals surface area contributed by atoms with E-state index in [9.17, 15) is 0 Å². The van der Waals surface area contributed by atoms with Gasteiger partial charge in [-0.1, -0.05) is 17.7 Å². The Bertz CT molecular complexity index is 1480. The highest BCUT2D eigenvalue weighted by Gasteiger charge is 2.22. The number of likely N-dealkylation sites (N-methyl/N-ethyl adjacent to an activating group) is 1. The molecule has 0 saturated carbocycles. The van der Waals surface area contributed by atoms with Crippen LogP contribution < -0.4 is 0 Å². The molecule has 3 heterocycles. The molecule has 1 aromatic carbocycles. The van der Waals surface area contributed by atoms with Crippen LogP contribution in [0.2, 0.25) is 0 Å². The van der Waals surface area contributed by atoms with E-state index in [0.29, 0.717) is 0 Å². The van der Waals surface area contributed by atoms with E-state index in [4.69, 9.17) is 23.3 Å². The molecule has 0 atom stereocenters. The zero-order chi connectivity index (χ0) is 31.4. The number of nitrogens with zero attached hydrogens (tertiary/aromatic N) is 3. The number of aryl methyl sites for hydroxylation is 4. The van der Waals surface area contributed by atoms with Crippen molar-refractivity contribution in [3.8, 4) is 0 Å². The zero-order valence-electron chi connectivity index (χ0n) is 29.5. The standard InChI is InChI=1S/C21H25N3/c1-15-4-7-20-18(12-15)19-14-23(3)10-9-21(19)24(20)11-8-17-6-5-16(2)22-13-17/h4-7,12-13H,8-11,14H2,1-3H3/i1D3,2D3,3D3,8D2,9D2,10D2,14D2. The summed E-state index contributed by atoms with van der Waals surface area (Å²) in [4.78, 5) is 3.61. The highest BCUT2D eigenvalue weighted by molar-refractivity contribution is 5.86. The molecule has 0 spiro atoms. The van der Waals surface area contributed by atoms with Gasteiger partial charge in [0.25, 0.3) is 0 Å². The number of hydrogen-bond donors (Lipinski definition) is 0. The van der Waals surface area contributed by atoms with Gasteiger partial charge in [0.05, 0.1) is 0 Å². The maximum Gasteiger partial charge on any atom is 0.0486 e. The van der Waals surface area contributed by atoms with Gasteiger partial charge >= 0.3 is 0 Å². The fourth-order valence-corrected chi connectivity index (χ4v) is 2.68. The van der Waals surface area contributed by atoms with Crippen molar-refractivity contribution in [3.63, 3.8) is 0 Å². The van der Waals surface area contributed by atoms with E-state index < -0.39 is 64.2 Å². The molecule has 4 rings (SSSR count). The Morgan fingerprint density at radius 3 is 3.08 bits per heavy atom. The molecule has 0 amide bonds. The Morgan fingerprint density at radius 2 is 2.29 bits per heavy atom. The van der Waals surface area contributed by atoms with Crippen molar-refractivity contribution in [3.05, 3.63) is 64.6 Å². The molecule has 0 aliphatic carbocycles. The van der Waals surface area contributed by atoms with Crippen molar-refractivity contribution in [1.29, 1.82) is 0 Å². The molecule has 3 aromatic rings. The fraction of sp³-hybridized carbons (Fsp3) is 0.381. The lowest BCUT2D eigenvalue weighted by molar-refractivity contribution is 0.309. The largest absolute Gasteiger partial charge is 0.344 e. The van der Waals surface area contributed by atoms with Crippen LogP contribution in [0.5, 0.6) is 0 Å². The summed E-state index contributed by atoms with van der Waals surface area (Å²) in [6, 6.07) is 5.72. The van der Waals surface area contributed by atoms with Crippen LogP contribution >= 0.6 is 0 Å². The number of aromatic nitrogens is 2. The van der Waals surface area contributed by atoms with Crippen LogP contribution in [0, 0.1) is 13.7 Å². The van der Waals surface area contributed by atoms with Gasteiger partial charge in [-0.25, -0.2) is 0 Å². The summed E-state index contributed by atoms with van der Waals surface area (Å²) in [7, 11) is 0. The maximum atomic E-state index is 8.77. The van der Waals surface area contributed by atoms with Crippen LogP contribution in [-0.2, 0) is 25.8 Å². The Morgan fingerprint density at radius 1 is 1.29 bits per heavy atom. The number of rotatable bonds is 3. The molecule has 3 nitrogen and oxygen atoms in total. The molecule has 124 valence electrons. The molecule has 0 radical (unpaired) electrons. The molecule has 0 saturated heterocycles. The van der Waals surface area contributed by atoms with Gasteiger partial charge < -0.3 is 9.47 Å². The molecule has 3 heteroatoms. The third-order valence-electron chi connectivity index (χ3n) is 3.78. The fourth-order valence-electron chi connectivity index (χ4n) is 2.68. The second-order valence-corrected chi connectivity index (χ2v) is 5.33. The third-order valence-corrected chi connectivity index (χ3v) is 3.78. The summed E-state index contributed by atoms with van der Waals surface area (Å²) in [5, 5.41) is -0.223. The first-order chi connectivity index (χ1) is 18.3. The minimum Gasteiger partial charge on any atom is -0.344 e. The van der Waals surface area contributed by atoms with Gasteiger partial charge in [0.15, 0.2) is 0 Å².